The van der Waals surface area contributed by atoms with Crippen LogP contribution in [0.2, 0.25) is 0 Å². The Labute approximate surface area is 334 Å². The summed E-state index contributed by atoms with van der Waals surface area (Å²) in [7, 11) is 0. The zero-order chi connectivity index (χ0) is 38.2. The Bertz CT molecular complexity index is 1880. The first-order chi connectivity index (χ1) is 25.9. The number of benzene rings is 1. The van der Waals surface area contributed by atoms with Gasteiger partial charge in [0.25, 0.3) is 0 Å². The second kappa shape index (κ2) is 22.1. The van der Waals surface area contributed by atoms with Gasteiger partial charge in [-0.2, -0.15) is 0 Å². The van der Waals surface area contributed by atoms with Crippen molar-refractivity contribution in [1.29, 1.82) is 0 Å². The van der Waals surface area contributed by atoms with Crippen LogP contribution in [0, 0.1) is 53.8 Å². The van der Waals surface area contributed by atoms with Crippen LogP contribution in [0.4, 0.5) is 0 Å². The molecule has 0 aliphatic heterocycles. The molecule has 4 aromatic heterocycles. The average molecular weight is 779 g/mol. The second-order valence-corrected chi connectivity index (χ2v) is 17.2. The number of thiophene rings is 4. The summed E-state index contributed by atoms with van der Waals surface area (Å²) in [6.45, 7) is 13.4. The third-order valence-electron chi connectivity index (χ3n) is 9.79. The summed E-state index contributed by atoms with van der Waals surface area (Å²) in [6, 6.07) is 7.94. The molecule has 278 valence electrons. The molecule has 5 aromatic rings. The maximum atomic E-state index is 11.8. The lowest BCUT2D eigenvalue weighted by molar-refractivity contribution is 0.0986. The summed E-state index contributed by atoms with van der Waals surface area (Å²) < 4.78 is 2.62. The van der Waals surface area contributed by atoms with Gasteiger partial charge < -0.3 is 0 Å². The molecular formula is C47H54O2S4. The first-order valence-electron chi connectivity index (χ1n) is 19.5. The van der Waals surface area contributed by atoms with Gasteiger partial charge in [-0.3, -0.25) is 9.59 Å². The SMILES string of the molecule is C#CC(CC)CCCC.CCCCC(C#Cc1c2ccsc2c(C#CC(CC)CCCC)c2ccsc12)CC.O=C1c2ccsc2C(=O)c2ccsc21. The summed E-state index contributed by atoms with van der Waals surface area (Å²) in [5, 5.41) is 10.6. The van der Waals surface area contributed by atoms with Crippen LogP contribution in [-0.4, -0.2) is 11.6 Å². The topological polar surface area (TPSA) is 34.1 Å². The number of ketones is 2. The third-order valence-corrected chi connectivity index (χ3v) is 13.5. The number of unbranched alkanes of at least 4 members (excludes halogenated alkanes) is 3. The van der Waals surface area contributed by atoms with Gasteiger partial charge in [0, 0.05) is 39.7 Å². The predicted molar refractivity (Wildman–Crippen MR) is 235 cm³/mol. The smallest absolute Gasteiger partial charge is 0.205 e. The highest BCUT2D eigenvalue weighted by Crippen LogP contribution is 2.38. The van der Waals surface area contributed by atoms with E-state index >= 15 is 0 Å². The second-order valence-electron chi connectivity index (χ2n) is 13.5. The van der Waals surface area contributed by atoms with Crippen molar-refractivity contribution in [2.24, 2.45) is 17.8 Å². The summed E-state index contributed by atoms with van der Waals surface area (Å²) in [5.41, 5.74) is 3.56. The lowest BCUT2D eigenvalue weighted by Gasteiger charge is -2.08. The van der Waals surface area contributed by atoms with E-state index in [2.05, 4.69) is 94.0 Å². The minimum atomic E-state index is -0.00847. The largest absolute Gasteiger partial charge is 0.288 e. The Morgan fingerprint density at radius 2 is 0.925 bits per heavy atom. The van der Waals surface area contributed by atoms with E-state index in [1.807, 2.05) is 22.7 Å². The number of fused-ring (bicyclic) bond motifs is 4. The van der Waals surface area contributed by atoms with Crippen molar-refractivity contribution < 1.29 is 9.59 Å². The van der Waals surface area contributed by atoms with Crippen LogP contribution in [0.1, 0.15) is 160 Å². The maximum absolute atomic E-state index is 11.8. The number of carbonyl (C=O) groups excluding carboxylic acids is 2. The van der Waals surface area contributed by atoms with Gasteiger partial charge in [-0.1, -0.05) is 104 Å². The number of hydrogen-bond acceptors (Lipinski definition) is 6. The van der Waals surface area contributed by atoms with Crippen molar-refractivity contribution in [3.8, 4) is 36.0 Å². The van der Waals surface area contributed by atoms with Crippen molar-refractivity contribution in [3.05, 3.63) is 77.8 Å². The van der Waals surface area contributed by atoms with Gasteiger partial charge in [0.15, 0.2) is 0 Å². The van der Waals surface area contributed by atoms with Gasteiger partial charge in [-0.25, -0.2) is 0 Å². The van der Waals surface area contributed by atoms with E-state index in [1.165, 1.54) is 112 Å². The first kappa shape index (κ1) is 42.3. The van der Waals surface area contributed by atoms with Gasteiger partial charge in [-0.15, -0.1) is 57.7 Å². The van der Waals surface area contributed by atoms with Crippen molar-refractivity contribution >= 4 is 77.1 Å². The van der Waals surface area contributed by atoms with Gasteiger partial charge in [0.1, 0.15) is 0 Å². The summed E-state index contributed by atoms with van der Waals surface area (Å²) in [5.74, 6) is 18.7. The number of carbonyl (C=O) groups is 2. The molecular weight excluding hydrogens is 725 g/mol. The van der Waals surface area contributed by atoms with Crippen LogP contribution < -0.4 is 0 Å². The van der Waals surface area contributed by atoms with Crippen LogP contribution in [0.25, 0.3) is 20.2 Å². The zero-order valence-electron chi connectivity index (χ0n) is 32.4. The lowest BCUT2D eigenvalue weighted by atomic mass is 9.96. The molecule has 0 saturated heterocycles. The van der Waals surface area contributed by atoms with Crippen LogP contribution in [0.3, 0.4) is 0 Å². The molecule has 1 aromatic carbocycles. The molecule has 1 aliphatic carbocycles. The quantitative estimate of drug-likeness (QED) is 0.116. The highest BCUT2D eigenvalue weighted by molar-refractivity contribution is 7.19. The van der Waals surface area contributed by atoms with E-state index in [-0.39, 0.29) is 11.6 Å². The fourth-order valence-corrected chi connectivity index (χ4v) is 9.85. The van der Waals surface area contributed by atoms with Gasteiger partial charge in [-0.05, 0) is 84.3 Å². The molecule has 3 unspecified atom stereocenters. The van der Waals surface area contributed by atoms with Crippen molar-refractivity contribution in [2.45, 2.75) is 119 Å². The van der Waals surface area contributed by atoms with Crippen LogP contribution in [0.5, 0.6) is 0 Å². The third kappa shape index (κ3) is 10.8. The van der Waals surface area contributed by atoms with E-state index in [4.69, 9.17) is 6.42 Å². The van der Waals surface area contributed by atoms with Gasteiger partial charge in [0.05, 0.1) is 30.3 Å². The Kier molecular flexibility index (Phi) is 17.6. The number of hydrogen-bond donors (Lipinski definition) is 0. The highest BCUT2D eigenvalue weighted by Gasteiger charge is 2.31. The minimum Gasteiger partial charge on any atom is -0.288 e. The van der Waals surface area contributed by atoms with E-state index < -0.39 is 0 Å². The van der Waals surface area contributed by atoms with E-state index in [0.717, 1.165) is 19.3 Å². The molecule has 0 fully saturated rings. The molecule has 0 spiro atoms. The summed E-state index contributed by atoms with van der Waals surface area (Å²) in [4.78, 5) is 24.8. The zero-order valence-corrected chi connectivity index (χ0v) is 35.6. The fourth-order valence-electron chi connectivity index (χ4n) is 6.33. The van der Waals surface area contributed by atoms with Crippen molar-refractivity contribution in [3.63, 3.8) is 0 Å². The van der Waals surface area contributed by atoms with Crippen molar-refractivity contribution in [2.75, 3.05) is 0 Å². The Hall–Kier alpha value is -3.44. The van der Waals surface area contributed by atoms with E-state index in [1.54, 1.807) is 22.9 Å². The van der Waals surface area contributed by atoms with E-state index in [0.29, 0.717) is 38.6 Å². The maximum Gasteiger partial charge on any atom is 0.205 e. The molecule has 1 aliphatic rings. The first-order valence-corrected chi connectivity index (χ1v) is 23.0. The highest BCUT2D eigenvalue weighted by atomic mass is 32.1. The minimum absolute atomic E-state index is 0.00847. The molecule has 53 heavy (non-hydrogen) atoms. The predicted octanol–water partition coefficient (Wildman–Crippen LogP) is 14.7. The number of rotatable bonds is 12. The molecule has 6 heteroatoms. The molecule has 0 N–H and O–H groups in total. The Morgan fingerprint density at radius 3 is 1.28 bits per heavy atom. The molecule has 0 bridgehead atoms. The normalized spacial score (nSPS) is 13.2. The van der Waals surface area contributed by atoms with E-state index in [9.17, 15) is 9.59 Å². The molecule has 4 heterocycles. The molecule has 2 nitrogen and oxygen atoms in total. The average Bonchev–Trinajstić information content (AvgIpc) is 4.03. The fraction of sp³-hybridized carbons (Fsp3) is 0.447. The standard InChI is InChI=1S/C28H34S2.C10H4O2S2.C9H16/c1-5-9-11-21(7-3)13-15-23-25-17-19-30-28(25)24(26-18-20-29-27(23)26)16-14-22(8-4)12-10-6-2;11-7-5-1-3-13-9(5)8(12)6-2-4-14-10(6)7;1-4-7-8-9(5-2)6-3/h17-22H,5-12H2,1-4H3;1-4H;2,9H,4,6-8H2,1,3H3. The lowest BCUT2D eigenvalue weighted by Crippen LogP contribution is -2.15. The van der Waals surface area contributed by atoms with Gasteiger partial charge in [0.2, 0.25) is 11.6 Å². The molecule has 6 rings (SSSR count). The molecule has 0 amide bonds. The Balaban J connectivity index is 0.000000222. The van der Waals surface area contributed by atoms with Gasteiger partial charge >= 0.3 is 0 Å². The summed E-state index contributed by atoms with van der Waals surface area (Å²) >= 11 is 6.30. The molecule has 0 radical (unpaired) electrons. The monoisotopic (exact) mass is 778 g/mol. The van der Waals surface area contributed by atoms with Crippen molar-refractivity contribution in [1.82, 2.24) is 0 Å². The van der Waals surface area contributed by atoms with Crippen LogP contribution >= 0.6 is 45.3 Å². The number of terminal acetylenes is 1. The summed E-state index contributed by atoms with van der Waals surface area (Å²) in [6.07, 6.45) is 19.9. The molecule has 0 saturated carbocycles. The van der Waals surface area contributed by atoms with Crippen LogP contribution in [0.15, 0.2) is 45.8 Å². The van der Waals surface area contributed by atoms with Crippen LogP contribution in [-0.2, 0) is 0 Å². The Morgan fingerprint density at radius 1 is 0.547 bits per heavy atom. The molecule has 3 atom stereocenters.